The third-order valence-electron chi connectivity index (χ3n) is 6.40. The number of nitrogens with zero attached hydrogens (tertiary/aromatic N) is 3. The van der Waals surface area contributed by atoms with Gasteiger partial charge in [-0.2, -0.15) is 13.9 Å². The molecule has 3 aromatic carbocycles. The predicted octanol–water partition coefficient (Wildman–Crippen LogP) is 4.98. The van der Waals surface area contributed by atoms with Gasteiger partial charge in [-0.3, -0.25) is 14.3 Å². The number of amides is 2. The highest BCUT2D eigenvalue weighted by molar-refractivity contribution is 6.00. The molecular weight excluding hydrogens is 488 g/mol. The van der Waals surface area contributed by atoms with Gasteiger partial charge in [0.25, 0.3) is 5.91 Å². The second kappa shape index (κ2) is 9.34. The minimum absolute atomic E-state index is 0.203. The molecular formula is C27H22F4N4O2. The van der Waals surface area contributed by atoms with Crippen molar-refractivity contribution >= 4 is 28.4 Å². The Labute approximate surface area is 209 Å². The summed E-state index contributed by atoms with van der Waals surface area (Å²) in [6.07, 6.45) is 1.43. The summed E-state index contributed by atoms with van der Waals surface area (Å²) in [4.78, 5) is 26.6. The van der Waals surface area contributed by atoms with E-state index in [0.29, 0.717) is 24.7 Å². The van der Waals surface area contributed by atoms with E-state index in [1.165, 1.54) is 41.3 Å². The number of benzene rings is 3. The number of halogens is 4. The fourth-order valence-corrected chi connectivity index (χ4v) is 4.62. The molecule has 1 saturated heterocycles. The van der Waals surface area contributed by atoms with Crippen LogP contribution in [-0.2, 0) is 16.1 Å². The molecule has 2 heterocycles. The number of alkyl halides is 2. The zero-order chi connectivity index (χ0) is 26.3. The number of rotatable bonds is 6. The van der Waals surface area contributed by atoms with E-state index >= 15 is 0 Å². The van der Waals surface area contributed by atoms with Gasteiger partial charge in [0.2, 0.25) is 5.91 Å². The quantitative estimate of drug-likeness (QED) is 0.372. The van der Waals surface area contributed by atoms with Gasteiger partial charge in [-0.25, -0.2) is 8.78 Å². The van der Waals surface area contributed by atoms with E-state index < -0.39 is 29.7 Å². The summed E-state index contributed by atoms with van der Waals surface area (Å²) in [6.45, 7) is 0.893. The van der Waals surface area contributed by atoms with Crippen molar-refractivity contribution in [1.29, 1.82) is 0 Å². The van der Waals surface area contributed by atoms with Crippen LogP contribution in [0.25, 0.3) is 10.9 Å². The molecule has 0 bridgehead atoms. The van der Waals surface area contributed by atoms with Gasteiger partial charge in [0.1, 0.15) is 11.6 Å². The van der Waals surface area contributed by atoms with Crippen molar-refractivity contribution in [3.63, 3.8) is 0 Å². The lowest BCUT2D eigenvalue weighted by molar-refractivity contribution is -0.143. The summed E-state index contributed by atoms with van der Waals surface area (Å²) in [5, 5.41) is 7.42. The van der Waals surface area contributed by atoms with E-state index in [-0.39, 0.29) is 18.1 Å². The molecule has 0 saturated carbocycles. The van der Waals surface area contributed by atoms with Crippen molar-refractivity contribution in [2.24, 2.45) is 0 Å². The van der Waals surface area contributed by atoms with E-state index in [9.17, 15) is 27.2 Å². The van der Waals surface area contributed by atoms with Crippen molar-refractivity contribution in [2.45, 2.75) is 37.9 Å². The molecule has 0 radical (unpaired) electrons. The van der Waals surface area contributed by atoms with Crippen LogP contribution in [0, 0.1) is 11.6 Å². The van der Waals surface area contributed by atoms with Crippen LogP contribution < -0.4 is 10.2 Å². The summed E-state index contributed by atoms with van der Waals surface area (Å²) in [6, 6.07) is 14.9. The maximum absolute atomic E-state index is 13.6. The van der Waals surface area contributed by atoms with Crippen molar-refractivity contribution in [1.82, 2.24) is 15.1 Å². The Kier molecular flexibility index (Phi) is 6.18. The van der Waals surface area contributed by atoms with Crippen molar-refractivity contribution in [3.8, 4) is 0 Å². The van der Waals surface area contributed by atoms with Crippen LogP contribution >= 0.6 is 0 Å². The zero-order valence-corrected chi connectivity index (χ0v) is 19.7. The van der Waals surface area contributed by atoms with Crippen LogP contribution in [0.4, 0.5) is 23.2 Å². The largest absolute Gasteiger partial charge is 0.345 e. The monoisotopic (exact) mass is 510 g/mol. The molecule has 1 N–H and O–H groups in total. The molecule has 37 heavy (non-hydrogen) atoms. The predicted molar refractivity (Wildman–Crippen MR) is 129 cm³/mol. The topological polar surface area (TPSA) is 67.2 Å². The molecule has 10 heteroatoms. The number of nitrogens with one attached hydrogen (secondary N) is 1. The van der Waals surface area contributed by atoms with Gasteiger partial charge in [0.05, 0.1) is 30.3 Å². The van der Waals surface area contributed by atoms with E-state index in [2.05, 4.69) is 10.4 Å². The van der Waals surface area contributed by atoms with E-state index in [4.69, 9.17) is 0 Å². The average molecular weight is 510 g/mol. The molecule has 190 valence electrons. The molecule has 1 unspecified atom stereocenters. The van der Waals surface area contributed by atoms with E-state index in [1.807, 2.05) is 0 Å². The Bertz CT molecular complexity index is 1460. The maximum Gasteiger partial charge on any atom is 0.321 e. The van der Waals surface area contributed by atoms with E-state index in [1.54, 1.807) is 41.2 Å². The first-order chi connectivity index (χ1) is 17.6. The summed E-state index contributed by atoms with van der Waals surface area (Å²) in [5.74, 6) is -6.31. The normalized spacial score (nSPS) is 18.0. The lowest BCUT2D eigenvalue weighted by atomic mass is 9.99. The van der Waals surface area contributed by atoms with Crippen LogP contribution in [-0.4, -0.2) is 33.6 Å². The highest BCUT2D eigenvalue weighted by Gasteiger charge is 2.45. The first-order valence-corrected chi connectivity index (χ1v) is 11.6. The fraction of sp³-hybridized carbons (Fsp3) is 0.222. The van der Waals surface area contributed by atoms with Crippen molar-refractivity contribution < 1.29 is 27.2 Å². The van der Waals surface area contributed by atoms with Crippen molar-refractivity contribution in [3.05, 3.63) is 95.7 Å². The van der Waals surface area contributed by atoms with Crippen LogP contribution in [0.3, 0.4) is 0 Å². The standard InChI is InChI=1S/C27H22F4N4O2/c1-27(30,31)26(37)33-22-13-24(36)35(25(22)17-4-8-20(29)9-5-17)21-10-11-23-18(12-21)14-32-34(23)15-16-2-6-19(28)7-3-16/h2-12,14,22,25H,13,15H2,1H3,(H,33,37)/t22-,25?/m0/s1. The molecule has 4 aromatic rings. The molecule has 2 amide bonds. The van der Waals surface area contributed by atoms with Gasteiger partial charge in [-0.05, 0) is 53.6 Å². The molecule has 1 aliphatic rings. The number of hydrogen-bond donors (Lipinski definition) is 1. The highest BCUT2D eigenvalue weighted by atomic mass is 19.3. The SMILES string of the molecule is CC(F)(F)C(=O)N[C@H]1CC(=O)N(c2ccc3c(cnn3Cc3ccc(F)cc3)c2)C1c1ccc(F)cc1. The number of anilines is 1. The van der Waals surface area contributed by atoms with E-state index in [0.717, 1.165) is 16.5 Å². The Hall–Kier alpha value is -4.21. The number of carbonyl (C=O) groups is 2. The van der Waals surface area contributed by atoms with Gasteiger partial charge in [0.15, 0.2) is 0 Å². The smallest absolute Gasteiger partial charge is 0.321 e. The Morgan fingerprint density at radius 2 is 1.68 bits per heavy atom. The van der Waals surface area contributed by atoms with Crippen molar-refractivity contribution in [2.75, 3.05) is 4.90 Å². The minimum atomic E-state index is -3.62. The first kappa shape index (κ1) is 24.5. The van der Waals surface area contributed by atoms with Gasteiger partial charge in [-0.1, -0.05) is 24.3 Å². The Morgan fingerprint density at radius 3 is 2.32 bits per heavy atom. The average Bonchev–Trinajstić information content (AvgIpc) is 3.40. The number of aromatic nitrogens is 2. The highest BCUT2D eigenvalue weighted by Crippen LogP contribution is 2.39. The molecule has 6 nitrogen and oxygen atoms in total. The molecule has 0 aliphatic carbocycles. The molecule has 2 atom stereocenters. The lowest BCUT2D eigenvalue weighted by Gasteiger charge is -2.29. The Balaban J connectivity index is 1.49. The van der Waals surface area contributed by atoms with Crippen LogP contribution in [0.1, 0.15) is 30.5 Å². The number of hydrogen-bond acceptors (Lipinski definition) is 3. The summed E-state index contributed by atoms with van der Waals surface area (Å²) in [7, 11) is 0. The van der Waals surface area contributed by atoms with Crippen LogP contribution in [0.15, 0.2) is 72.9 Å². The summed E-state index contributed by atoms with van der Waals surface area (Å²) < 4.78 is 55.9. The Morgan fingerprint density at radius 1 is 1.03 bits per heavy atom. The molecule has 5 rings (SSSR count). The summed E-state index contributed by atoms with van der Waals surface area (Å²) >= 11 is 0. The van der Waals surface area contributed by atoms with Gasteiger partial charge >= 0.3 is 5.92 Å². The first-order valence-electron chi connectivity index (χ1n) is 11.6. The van der Waals surface area contributed by atoms with Gasteiger partial charge < -0.3 is 10.2 Å². The number of fused-ring (bicyclic) bond motifs is 1. The molecule has 1 fully saturated rings. The zero-order valence-electron chi connectivity index (χ0n) is 19.7. The maximum atomic E-state index is 13.6. The fourth-order valence-electron chi connectivity index (χ4n) is 4.62. The second-order valence-electron chi connectivity index (χ2n) is 9.10. The third-order valence-corrected chi connectivity index (χ3v) is 6.40. The third kappa shape index (κ3) is 4.91. The van der Waals surface area contributed by atoms with Gasteiger partial charge in [-0.15, -0.1) is 0 Å². The lowest BCUT2D eigenvalue weighted by Crippen LogP contribution is -2.46. The number of carbonyl (C=O) groups excluding carboxylic acids is 2. The van der Waals surface area contributed by atoms with Crippen LogP contribution in [0.2, 0.25) is 0 Å². The van der Waals surface area contributed by atoms with Crippen LogP contribution in [0.5, 0.6) is 0 Å². The summed E-state index contributed by atoms with van der Waals surface area (Å²) in [5.41, 5.74) is 2.60. The van der Waals surface area contributed by atoms with Gasteiger partial charge in [0, 0.05) is 24.4 Å². The molecule has 0 spiro atoms. The molecule has 1 aromatic heterocycles. The second-order valence-corrected chi connectivity index (χ2v) is 9.10. The molecule has 1 aliphatic heterocycles. The minimum Gasteiger partial charge on any atom is -0.345 e.